The van der Waals surface area contributed by atoms with Gasteiger partial charge in [0, 0.05) is 0 Å². The monoisotopic (exact) mass is 262 g/mol. The van der Waals surface area contributed by atoms with Crippen molar-refractivity contribution in [3.05, 3.63) is 0 Å². The molecule has 0 saturated carbocycles. The van der Waals surface area contributed by atoms with Gasteiger partial charge in [-0.15, -0.1) is 0 Å². The molecule has 0 fully saturated rings. The predicted octanol–water partition coefficient (Wildman–Crippen LogP) is 1.39. The number of alkyl halides is 6. The molecule has 0 aromatic heterocycles. The second kappa shape index (κ2) is 4.53. The largest absolute Gasteiger partial charge is 0.410 e. The average molecular weight is 262 g/mol. The molecule has 0 rings (SSSR count). The van der Waals surface area contributed by atoms with Crippen LogP contribution in [0.5, 0.6) is 0 Å². The molecular formula is C4H4F6O4S. The minimum Gasteiger partial charge on any atom is -0.241 e. The molecule has 0 spiro atoms. The summed E-state index contributed by atoms with van der Waals surface area (Å²) in [5.74, 6) is 0. The summed E-state index contributed by atoms with van der Waals surface area (Å²) in [5.41, 5.74) is 0. The molecule has 0 amide bonds. The van der Waals surface area contributed by atoms with Gasteiger partial charge in [-0.2, -0.15) is 34.3 Å². The Labute approximate surface area is 80.1 Å². The molecular weight excluding hydrogens is 258 g/mol. The molecule has 0 aromatic rings. The maximum absolute atomic E-state index is 11.9. The molecule has 0 radical (unpaired) electrons. The number of hydrogen-bond donors (Lipinski definition) is 0. The fourth-order valence-corrected chi connectivity index (χ4v) is 1.08. The molecule has 15 heavy (non-hydrogen) atoms. The minimum atomic E-state index is -5.90. The molecule has 4 nitrogen and oxygen atoms in total. The molecule has 0 aliphatic heterocycles. The fraction of sp³-hybridized carbons (Fsp3) is 1.00. The van der Waals surface area contributed by atoms with Gasteiger partial charge < -0.3 is 0 Å². The number of rotatable bonds is 6. The van der Waals surface area contributed by atoms with Gasteiger partial charge >= 0.3 is 22.6 Å². The average Bonchev–Trinajstić information content (AvgIpc) is 2.00. The Morgan fingerprint density at radius 3 is 1.33 bits per heavy atom. The Bertz CT molecular complexity index is 276. The van der Waals surface area contributed by atoms with E-state index in [9.17, 15) is 34.8 Å². The summed E-state index contributed by atoms with van der Waals surface area (Å²) in [4.78, 5) is 0. The molecule has 0 saturated heterocycles. The lowest BCUT2D eigenvalue weighted by Crippen LogP contribution is -2.34. The standard InChI is InChI=1S/C4H4F6O4S/c5-1-3(7,8)13-15(11,12)14-4(9,10)2-6/h1-2H2. The van der Waals surface area contributed by atoms with E-state index >= 15 is 0 Å². The van der Waals surface area contributed by atoms with Gasteiger partial charge in [0.05, 0.1) is 0 Å². The Balaban J connectivity index is 4.59. The third-order valence-electron chi connectivity index (χ3n) is 0.759. The van der Waals surface area contributed by atoms with E-state index in [1.165, 1.54) is 0 Å². The molecule has 0 aromatic carbocycles. The lowest BCUT2D eigenvalue weighted by atomic mass is 10.7. The predicted molar refractivity (Wildman–Crippen MR) is 32.9 cm³/mol. The van der Waals surface area contributed by atoms with Crippen LogP contribution in [0, 0.1) is 0 Å². The highest BCUT2D eigenvalue weighted by Crippen LogP contribution is 2.25. The van der Waals surface area contributed by atoms with Gasteiger partial charge in [-0.25, -0.2) is 8.78 Å². The van der Waals surface area contributed by atoms with Gasteiger partial charge in [-0.1, -0.05) is 0 Å². The van der Waals surface area contributed by atoms with Crippen molar-refractivity contribution in [3.63, 3.8) is 0 Å². The zero-order chi connectivity index (χ0) is 12.3. The molecule has 0 N–H and O–H groups in total. The van der Waals surface area contributed by atoms with Crippen LogP contribution >= 0.6 is 0 Å². The van der Waals surface area contributed by atoms with Crippen LogP contribution in [0.15, 0.2) is 0 Å². The van der Waals surface area contributed by atoms with Crippen LogP contribution in [0.3, 0.4) is 0 Å². The maximum Gasteiger partial charge on any atom is 0.410 e. The Morgan fingerprint density at radius 2 is 1.13 bits per heavy atom. The minimum absolute atomic E-state index is 2.57. The lowest BCUT2D eigenvalue weighted by molar-refractivity contribution is -0.219. The van der Waals surface area contributed by atoms with Crippen molar-refractivity contribution < 1.29 is 43.1 Å². The first kappa shape index (κ1) is 14.5. The first-order valence-corrected chi connectivity index (χ1v) is 4.41. The van der Waals surface area contributed by atoms with E-state index in [0.29, 0.717) is 0 Å². The second-order valence-corrected chi connectivity index (χ2v) is 3.27. The van der Waals surface area contributed by atoms with E-state index < -0.39 is 36.0 Å². The molecule has 0 aliphatic rings. The van der Waals surface area contributed by atoms with Crippen molar-refractivity contribution in [1.82, 2.24) is 0 Å². The van der Waals surface area contributed by atoms with Gasteiger partial charge in [0.2, 0.25) is 0 Å². The van der Waals surface area contributed by atoms with Crippen molar-refractivity contribution in [1.29, 1.82) is 0 Å². The third kappa shape index (κ3) is 5.79. The summed E-state index contributed by atoms with van der Waals surface area (Å²) >= 11 is 0. The van der Waals surface area contributed by atoms with Crippen LogP contribution in [-0.2, 0) is 18.8 Å². The molecule has 0 atom stereocenters. The Kier molecular flexibility index (Phi) is 4.36. The summed E-state index contributed by atoms with van der Waals surface area (Å²) in [7, 11) is -5.90. The van der Waals surface area contributed by atoms with Crippen molar-refractivity contribution in [2.75, 3.05) is 13.3 Å². The van der Waals surface area contributed by atoms with Crippen molar-refractivity contribution in [2.45, 2.75) is 12.2 Å². The topological polar surface area (TPSA) is 52.6 Å². The third-order valence-corrected chi connectivity index (χ3v) is 1.66. The molecule has 0 bridgehead atoms. The zero-order valence-electron chi connectivity index (χ0n) is 6.72. The summed E-state index contributed by atoms with van der Waals surface area (Å²) in [6.45, 7) is -5.15. The van der Waals surface area contributed by atoms with Crippen LogP contribution in [0.4, 0.5) is 26.3 Å². The van der Waals surface area contributed by atoms with E-state index in [1.807, 2.05) is 0 Å². The van der Waals surface area contributed by atoms with E-state index in [1.54, 1.807) is 0 Å². The van der Waals surface area contributed by atoms with Gasteiger partial charge in [0.1, 0.15) is 0 Å². The Morgan fingerprint density at radius 1 is 0.867 bits per heavy atom. The van der Waals surface area contributed by atoms with E-state index in [2.05, 4.69) is 8.37 Å². The second-order valence-electron chi connectivity index (χ2n) is 2.12. The maximum atomic E-state index is 11.9. The van der Waals surface area contributed by atoms with Gasteiger partial charge in [-0.05, 0) is 0 Å². The van der Waals surface area contributed by atoms with Gasteiger partial charge in [0.15, 0.2) is 13.3 Å². The van der Waals surface area contributed by atoms with Gasteiger partial charge in [-0.3, -0.25) is 0 Å². The van der Waals surface area contributed by atoms with Crippen molar-refractivity contribution in [2.24, 2.45) is 0 Å². The molecule has 0 unspecified atom stereocenters. The first-order chi connectivity index (χ1) is 6.54. The highest BCUT2D eigenvalue weighted by molar-refractivity contribution is 7.81. The van der Waals surface area contributed by atoms with Crippen LogP contribution in [0.2, 0.25) is 0 Å². The van der Waals surface area contributed by atoms with E-state index in [-0.39, 0.29) is 0 Å². The summed E-state index contributed by atoms with van der Waals surface area (Å²) in [6, 6.07) is 0. The highest BCUT2D eigenvalue weighted by atomic mass is 32.3. The van der Waals surface area contributed by atoms with Crippen LogP contribution in [-0.4, -0.2) is 34.0 Å². The number of halogens is 6. The van der Waals surface area contributed by atoms with Crippen molar-refractivity contribution >= 4 is 10.4 Å². The van der Waals surface area contributed by atoms with Crippen molar-refractivity contribution in [3.8, 4) is 0 Å². The summed E-state index contributed by atoms with van der Waals surface area (Å²) < 4.78 is 96.1. The zero-order valence-corrected chi connectivity index (χ0v) is 7.54. The molecule has 92 valence electrons. The molecule has 0 aliphatic carbocycles. The quantitative estimate of drug-likeness (QED) is 0.679. The van der Waals surface area contributed by atoms with Crippen LogP contribution in [0.25, 0.3) is 0 Å². The molecule has 11 heteroatoms. The number of hydrogen-bond acceptors (Lipinski definition) is 4. The lowest BCUT2D eigenvalue weighted by Gasteiger charge is -2.15. The van der Waals surface area contributed by atoms with E-state index in [0.717, 1.165) is 0 Å². The highest BCUT2D eigenvalue weighted by Gasteiger charge is 2.44. The fourth-order valence-electron chi connectivity index (χ4n) is 0.360. The SMILES string of the molecule is O=S(=O)(OC(F)(F)CF)OC(F)(F)CF. The van der Waals surface area contributed by atoms with Crippen LogP contribution < -0.4 is 0 Å². The summed E-state index contributed by atoms with van der Waals surface area (Å²) in [6.07, 6.45) is -9.68. The van der Waals surface area contributed by atoms with Crippen LogP contribution in [0.1, 0.15) is 0 Å². The van der Waals surface area contributed by atoms with Gasteiger partial charge in [0.25, 0.3) is 0 Å². The summed E-state index contributed by atoms with van der Waals surface area (Å²) in [5, 5.41) is 0. The smallest absolute Gasteiger partial charge is 0.241 e. The Hall–Kier alpha value is -0.550. The first-order valence-electron chi connectivity index (χ1n) is 3.07. The normalized spacial score (nSPS) is 14.3. The molecule has 0 heterocycles. The van der Waals surface area contributed by atoms with E-state index in [4.69, 9.17) is 0 Å².